The molecule has 1 aromatic heterocycles. The number of carbonyl (C=O) groups is 1. The van der Waals surface area contributed by atoms with Gasteiger partial charge in [0.25, 0.3) is 5.91 Å². The Morgan fingerprint density at radius 1 is 1.55 bits per heavy atom. The first-order valence-electron chi connectivity index (χ1n) is 6.26. The molecule has 0 saturated heterocycles. The van der Waals surface area contributed by atoms with E-state index in [2.05, 4.69) is 35.1 Å². The third-order valence-electron chi connectivity index (χ3n) is 3.90. The van der Waals surface area contributed by atoms with Crippen LogP contribution in [0.2, 0.25) is 0 Å². The van der Waals surface area contributed by atoms with Gasteiger partial charge in [-0.05, 0) is 40.1 Å². The van der Waals surface area contributed by atoms with Crippen molar-refractivity contribution in [2.75, 3.05) is 6.54 Å². The van der Waals surface area contributed by atoms with Crippen molar-refractivity contribution in [2.24, 2.45) is 16.5 Å². The molecule has 0 radical (unpaired) electrons. The van der Waals surface area contributed by atoms with Crippen LogP contribution in [0.3, 0.4) is 0 Å². The summed E-state index contributed by atoms with van der Waals surface area (Å²) in [4.78, 5) is 11.7. The van der Waals surface area contributed by atoms with Gasteiger partial charge in [-0.15, -0.1) is 0 Å². The summed E-state index contributed by atoms with van der Waals surface area (Å²) in [5.41, 5.74) is 0.169. The van der Waals surface area contributed by atoms with Crippen molar-refractivity contribution in [3.8, 4) is 0 Å². The number of nitrogens with one attached hydrogen (secondary N) is 1. The zero-order chi connectivity index (χ0) is 15.1. The molecular formula is C12H17BrN2O4S. The van der Waals surface area contributed by atoms with E-state index in [1.807, 2.05) is 0 Å². The van der Waals surface area contributed by atoms with Gasteiger partial charge in [0.15, 0.2) is 10.4 Å². The number of nitrogens with two attached hydrogens (primary N) is 1. The Labute approximate surface area is 126 Å². The van der Waals surface area contributed by atoms with Gasteiger partial charge in [0, 0.05) is 12.6 Å². The summed E-state index contributed by atoms with van der Waals surface area (Å²) in [6.45, 7) is 4.82. The number of amides is 1. The lowest BCUT2D eigenvalue weighted by atomic mass is 9.92. The molecule has 8 heteroatoms. The van der Waals surface area contributed by atoms with Gasteiger partial charge in [-0.1, -0.05) is 13.8 Å². The molecule has 1 amide bonds. The van der Waals surface area contributed by atoms with Gasteiger partial charge in [-0.25, -0.2) is 13.6 Å². The third-order valence-corrected chi connectivity index (χ3v) is 5.67. The highest BCUT2D eigenvalue weighted by atomic mass is 79.9. The number of carbonyl (C=O) groups excluding carboxylic acids is 1. The Kier molecular flexibility index (Phi) is 4.01. The average Bonchev–Trinajstić information content (AvgIpc) is 3.01. The van der Waals surface area contributed by atoms with E-state index in [9.17, 15) is 13.2 Å². The highest BCUT2D eigenvalue weighted by Crippen LogP contribution is 2.51. The zero-order valence-corrected chi connectivity index (χ0v) is 13.7. The van der Waals surface area contributed by atoms with Crippen molar-refractivity contribution in [2.45, 2.75) is 31.6 Å². The van der Waals surface area contributed by atoms with Crippen LogP contribution in [0.1, 0.15) is 37.2 Å². The average molecular weight is 365 g/mol. The minimum absolute atomic E-state index is 0.0601. The van der Waals surface area contributed by atoms with Crippen LogP contribution in [0.15, 0.2) is 20.0 Å². The van der Waals surface area contributed by atoms with Crippen molar-refractivity contribution in [3.05, 3.63) is 16.5 Å². The summed E-state index contributed by atoms with van der Waals surface area (Å²) >= 11 is 2.94. The van der Waals surface area contributed by atoms with Crippen LogP contribution in [-0.2, 0) is 10.0 Å². The van der Waals surface area contributed by atoms with Gasteiger partial charge in [0.1, 0.15) is 4.90 Å². The van der Waals surface area contributed by atoms with E-state index in [0.717, 1.165) is 18.9 Å². The van der Waals surface area contributed by atoms with Crippen LogP contribution in [0.25, 0.3) is 0 Å². The fourth-order valence-corrected chi connectivity index (χ4v) is 3.62. The summed E-state index contributed by atoms with van der Waals surface area (Å²) in [6.07, 6.45) is 2.18. The minimum atomic E-state index is -3.91. The monoisotopic (exact) mass is 364 g/mol. The second kappa shape index (κ2) is 5.16. The topological polar surface area (TPSA) is 102 Å². The first kappa shape index (κ1) is 15.5. The number of primary sulfonamides is 1. The fourth-order valence-electron chi connectivity index (χ4n) is 2.12. The van der Waals surface area contributed by atoms with E-state index in [1.54, 1.807) is 0 Å². The number of sulfonamides is 1. The molecule has 0 aromatic carbocycles. The molecule has 1 fully saturated rings. The lowest BCUT2D eigenvalue weighted by Gasteiger charge is -2.19. The maximum absolute atomic E-state index is 12.0. The highest BCUT2D eigenvalue weighted by Gasteiger charge is 2.45. The standard InChI is InChI=1S/C12H17BrN2O4S/c1-7(2)12(3-4-12)6-15-11(16)8-5-9(10(13)19-8)20(14,17)18/h5,7H,3-4,6H2,1-2H3,(H,15,16)(H2,14,17,18). The molecule has 0 unspecified atom stereocenters. The summed E-state index contributed by atoms with van der Waals surface area (Å²) < 4.78 is 27.6. The highest BCUT2D eigenvalue weighted by molar-refractivity contribution is 9.10. The first-order chi connectivity index (χ1) is 9.16. The maximum Gasteiger partial charge on any atom is 0.287 e. The molecule has 0 aliphatic heterocycles. The summed E-state index contributed by atoms with van der Waals surface area (Å²) in [5, 5.41) is 7.80. The van der Waals surface area contributed by atoms with Gasteiger partial charge in [-0.2, -0.15) is 0 Å². The normalized spacial score (nSPS) is 17.2. The number of hydrogen-bond donors (Lipinski definition) is 2. The van der Waals surface area contributed by atoms with E-state index in [4.69, 9.17) is 9.56 Å². The minimum Gasteiger partial charge on any atom is -0.443 e. The van der Waals surface area contributed by atoms with Crippen molar-refractivity contribution in [3.63, 3.8) is 0 Å². The largest absolute Gasteiger partial charge is 0.443 e. The molecule has 1 aliphatic rings. The van der Waals surface area contributed by atoms with Gasteiger partial charge < -0.3 is 9.73 Å². The van der Waals surface area contributed by atoms with E-state index in [0.29, 0.717) is 12.5 Å². The molecule has 0 spiro atoms. The Bertz CT molecular complexity index is 632. The van der Waals surface area contributed by atoms with E-state index >= 15 is 0 Å². The lowest BCUT2D eigenvalue weighted by molar-refractivity contribution is 0.0910. The molecule has 20 heavy (non-hydrogen) atoms. The second-order valence-electron chi connectivity index (χ2n) is 5.49. The van der Waals surface area contributed by atoms with Gasteiger partial charge in [0.2, 0.25) is 10.0 Å². The molecule has 0 bridgehead atoms. The quantitative estimate of drug-likeness (QED) is 0.831. The molecular weight excluding hydrogens is 348 g/mol. The van der Waals surface area contributed by atoms with Crippen molar-refractivity contribution >= 4 is 31.9 Å². The summed E-state index contributed by atoms with van der Waals surface area (Å²) in [5.74, 6) is -0.0147. The molecule has 3 N–H and O–H groups in total. The molecule has 1 aliphatic carbocycles. The fraction of sp³-hybridized carbons (Fsp3) is 0.583. The number of halogens is 1. The van der Waals surface area contributed by atoms with E-state index in [1.165, 1.54) is 0 Å². The Hall–Kier alpha value is -0.860. The molecule has 2 rings (SSSR count). The predicted octanol–water partition coefficient (Wildman–Crippen LogP) is 1.86. The molecule has 1 aromatic rings. The second-order valence-corrected chi connectivity index (χ2v) is 7.74. The Morgan fingerprint density at radius 2 is 2.15 bits per heavy atom. The predicted molar refractivity (Wildman–Crippen MR) is 76.6 cm³/mol. The maximum atomic E-state index is 12.0. The lowest BCUT2D eigenvalue weighted by Crippen LogP contribution is -2.32. The van der Waals surface area contributed by atoms with Crippen LogP contribution in [-0.4, -0.2) is 20.9 Å². The van der Waals surface area contributed by atoms with E-state index in [-0.39, 0.29) is 20.7 Å². The molecule has 1 saturated carbocycles. The van der Waals surface area contributed by atoms with Crippen molar-refractivity contribution < 1.29 is 17.6 Å². The summed E-state index contributed by atoms with van der Waals surface area (Å²) in [7, 11) is -3.91. The SMILES string of the molecule is CC(C)C1(CNC(=O)c2cc(S(N)(=O)=O)c(Br)o2)CC1. The first-order valence-corrected chi connectivity index (χ1v) is 8.60. The van der Waals surface area contributed by atoms with Crippen LogP contribution in [0.5, 0.6) is 0 Å². The molecule has 6 nitrogen and oxygen atoms in total. The molecule has 112 valence electrons. The zero-order valence-electron chi connectivity index (χ0n) is 11.3. The van der Waals surface area contributed by atoms with E-state index < -0.39 is 15.9 Å². The van der Waals surface area contributed by atoms with Crippen LogP contribution >= 0.6 is 15.9 Å². The van der Waals surface area contributed by atoms with Crippen molar-refractivity contribution in [1.29, 1.82) is 0 Å². The third kappa shape index (κ3) is 3.07. The summed E-state index contributed by atoms with van der Waals surface area (Å²) in [6, 6.07) is 1.13. The smallest absolute Gasteiger partial charge is 0.287 e. The van der Waals surface area contributed by atoms with Crippen molar-refractivity contribution in [1.82, 2.24) is 5.32 Å². The van der Waals surface area contributed by atoms with Crippen LogP contribution in [0.4, 0.5) is 0 Å². The Balaban J connectivity index is 2.07. The molecule has 1 heterocycles. The number of hydrogen-bond acceptors (Lipinski definition) is 4. The number of rotatable bonds is 5. The van der Waals surface area contributed by atoms with Crippen LogP contribution < -0.4 is 10.5 Å². The number of furan rings is 1. The van der Waals surface area contributed by atoms with Crippen LogP contribution in [0, 0.1) is 11.3 Å². The Morgan fingerprint density at radius 3 is 2.55 bits per heavy atom. The van der Waals surface area contributed by atoms with Gasteiger partial charge in [-0.3, -0.25) is 4.79 Å². The van der Waals surface area contributed by atoms with Gasteiger partial charge >= 0.3 is 0 Å². The van der Waals surface area contributed by atoms with Gasteiger partial charge in [0.05, 0.1) is 0 Å². The molecule has 0 atom stereocenters.